The molecule has 0 saturated carbocycles. The highest BCUT2D eigenvalue weighted by molar-refractivity contribution is 7.19. The van der Waals surface area contributed by atoms with Crippen molar-refractivity contribution in [3.63, 3.8) is 0 Å². The van der Waals surface area contributed by atoms with Crippen LogP contribution in [0.3, 0.4) is 0 Å². The van der Waals surface area contributed by atoms with Crippen molar-refractivity contribution in [2.75, 3.05) is 6.54 Å². The summed E-state index contributed by atoms with van der Waals surface area (Å²) in [7, 11) is 0. The topological polar surface area (TPSA) is 29.9 Å². The van der Waals surface area contributed by atoms with E-state index in [4.69, 9.17) is 0 Å². The van der Waals surface area contributed by atoms with Crippen LogP contribution in [-0.4, -0.2) is 16.3 Å². The van der Waals surface area contributed by atoms with E-state index < -0.39 is 0 Å². The van der Waals surface area contributed by atoms with Crippen LogP contribution in [0, 0.1) is 6.92 Å². The van der Waals surface area contributed by atoms with Crippen molar-refractivity contribution in [3.05, 3.63) is 53.2 Å². The summed E-state index contributed by atoms with van der Waals surface area (Å²) in [4.78, 5) is 1.45. The molecular formula is C17H21N3S. The molecule has 3 rings (SSSR count). The number of aryl methyl sites for hydroxylation is 2. The minimum absolute atomic E-state index is 0.403. The molecule has 0 fully saturated rings. The Kier molecular flexibility index (Phi) is 4.36. The quantitative estimate of drug-likeness (QED) is 0.693. The number of nitrogens with zero attached hydrogens (tertiary/aromatic N) is 2. The molecule has 1 atom stereocenters. The molecule has 0 aliphatic heterocycles. The summed E-state index contributed by atoms with van der Waals surface area (Å²) in [6.45, 7) is 6.47. The Morgan fingerprint density at radius 1 is 1.29 bits per heavy atom. The molecule has 110 valence electrons. The number of fused-ring (bicyclic) bond motifs is 1. The molecule has 0 aliphatic carbocycles. The summed E-state index contributed by atoms with van der Waals surface area (Å²) in [5, 5.41) is 9.25. The van der Waals surface area contributed by atoms with Crippen LogP contribution in [0.2, 0.25) is 0 Å². The predicted octanol–water partition coefficient (Wildman–Crippen LogP) is 4.15. The summed E-state index contributed by atoms with van der Waals surface area (Å²) in [5.41, 5.74) is 1.42. The zero-order valence-electron chi connectivity index (χ0n) is 12.5. The molecule has 3 aromatic rings. The molecule has 0 aliphatic rings. The van der Waals surface area contributed by atoms with Crippen LogP contribution in [0.25, 0.3) is 10.1 Å². The zero-order valence-corrected chi connectivity index (χ0v) is 13.4. The Hall–Kier alpha value is -1.65. The van der Waals surface area contributed by atoms with Crippen LogP contribution in [0.5, 0.6) is 0 Å². The highest BCUT2D eigenvalue weighted by atomic mass is 32.1. The van der Waals surface area contributed by atoms with Gasteiger partial charge < -0.3 is 5.32 Å². The Balaban J connectivity index is 1.59. The lowest BCUT2D eigenvalue weighted by Gasteiger charge is -2.13. The average molecular weight is 299 g/mol. The number of benzene rings is 1. The molecule has 0 saturated heterocycles. The molecule has 21 heavy (non-hydrogen) atoms. The number of hydrogen-bond acceptors (Lipinski definition) is 3. The third-order valence-corrected chi connectivity index (χ3v) is 5.30. The molecule has 1 unspecified atom stereocenters. The van der Waals surface area contributed by atoms with Gasteiger partial charge in [0.05, 0.1) is 0 Å². The molecule has 1 N–H and O–H groups in total. The Bertz CT molecular complexity index is 700. The van der Waals surface area contributed by atoms with Gasteiger partial charge in [-0.05, 0) is 49.9 Å². The van der Waals surface area contributed by atoms with Crippen molar-refractivity contribution in [2.45, 2.75) is 32.9 Å². The second-order valence-electron chi connectivity index (χ2n) is 5.39. The monoisotopic (exact) mass is 299 g/mol. The molecule has 2 heterocycles. The van der Waals surface area contributed by atoms with Gasteiger partial charge in [0.1, 0.15) is 0 Å². The predicted molar refractivity (Wildman–Crippen MR) is 89.8 cm³/mol. The molecule has 0 amide bonds. The van der Waals surface area contributed by atoms with Crippen molar-refractivity contribution in [1.82, 2.24) is 15.1 Å². The van der Waals surface area contributed by atoms with E-state index in [2.05, 4.69) is 48.5 Å². The highest BCUT2D eigenvalue weighted by Gasteiger charge is 2.13. The Morgan fingerprint density at radius 3 is 2.90 bits per heavy atom. The van der Waals surface area contributed by atoms with Gasteiger partial charge in [-0.25, -0.2) is 0 Å². The molecule has 2 aromatic heterocycles. The van der Waals surface area contributed by atoms with Crippen LogP contribution < -0.4 is 5.32 Å². The second kappa shape index (κ2) is 6.41. The van der Waals surface area contributed by atoms with Crippen LogP contribution in [0.1, 0.15) is 29.8 Å². The summed E-state index contributed by atoms with van der Waals surface area (Å²) in [6.07, 6.45) is 4.94. The first-order chi connectivity index (χ1) is 10.3. The normalized spacial score (nSPS) is 12.9. The van der Waals surface area contributed by atoms with Gasteiger partial charge in [-0.2, -0.15) is 5.10 Å². The van der Waals surface area contributed by atoms with Gasteiger partial charge in [0, 0.05) is 34.6 Å². The van der Waals surface area contributed by atoms with Crippen LogP contribution in [-0.2, 0) is 6.54 Å². The molecule has 0 bridgehead atoms. The van der Waals surface area contributed by atoms with Gasteiger partial charge in [-0.15, -0.1) is 11.3 Å². The number of rotatable bonds is 6. The minimum Gasteiger partial charge on any atom is -0.309 e. The summed E-state index contributed by atoms with van der Waals surface area (Å²) < 4.78 is 3.37. The number of aromatic nitrogens is 2. The van der Waals surface area contributed by atoms with Crippen molar-refractivity contribution < 1.29 is 0 Å². The van der Waals surface area contributed by atoms with E-state index in [1.54, 1.807) is 0 Å². The van der Waals surface area contributed by atoms with Crippen LogP contribution >= 0.6 is 11.3 Å². The van der Waals surface area contributed by atoms with Gasteiger partial charge in [-0.1, -0.05) is 18.2 Å². The van der Waals surface area contributed by atoms with Crippen molar-refractivity contribution >= 4 is 21.4 Å². The van der Waals surface area contributed by atoms with Crippen molar-refractivity contribution in [2.24, 2.45) is 0 Å². The van der Waals surface area contributed by atoms with E-state index in [-0.39, 0.29) is 0 Å². The van der Waals surface area contributed by atoms with Crippen LogP contribution in [0.4, 0.5) is 0 Å². The minimum atomic E-state index is 0.403. The van der Waals surface area contributed by atoms with Crippen molar-refractivity contribution in [1.29, 1.82) is 0 Å². The zero-order chi connectivity index (χ0) is 14.7. The molecule has 3 nitrogen and oxygen atoms in total. The second-order valence-corrected chi connectivity index (χ2v) is 6.47. The molecule has 1 aromatic carbocycles. The molecule has 0 spiro atoms. The fourth-order valence-corrected chi connectivity index (χ4v) is 3.93. The number of hydrogen-bond donors (Lipinski definition) is 1. The van der Waals surface area contributed by atoms with E-state index in [9.17, 15) is 0 Å². The smallest absolute Gasteiger partial charge is 0.0489 e. The Morgan fingerprint density at radius 2 is 2.14 bits per heavy atom. The maximum atomic E-state index is 4.22. The first-order valence-corrected chi connectivity index (χ1v) is 8.26. The first kappa shape index (κ1) is 14.3. The molecule has 0 radical (unpaired) electrons. The average Bonchev–Trinajstić information content (AvgIpc) is 3.12. The van der Waals surface area contributed by atoms with E-state index >= 15 is 0 Å². The summed E-state index contributed by atoms with van der Waals surface area (Å²) in [6, 6.07) is 11.0. The van der Waals surface area contributed by atoms with E-state index in [0.29, 0.717) is 6.04 Å². The third-order valence-electron chi connectivity index (χ3n) is 3.85. The van der Waals surface area contributed by atoms with E-state index in [1.165, 1.54) is 20.5 Å². The molecule has 4 heteroatoms. The summed E-state index contributed by atoms with van der Waals surface area (Å²) in [5.74, 6) is 0. The van der Waals surface area contributed by atoms with Gasteiger partial charge in [0.15, 0.2) is 0 Å². The number of thiophene rings is 1. The fourth-order valence-electron chi connectivity index (χ4n) is 2.69. The lowest BCUT2D eigenvalue weighted by molar-refractivity contribution is 0.509. The van der Waals surface area contributed by atoms with E-state index in [0.717, 1.165) is 19.5 Å². The summed E-state index contributed by atoms with van der Waals surface area (Å²) >= 11 is 1.91. The molecular weight excluding hydrogens is 278 g/mol. The largest absolute Gasteiger partial charge is 0.309 e. The lowest BCUT2D eigenvalue weighted by atomic mass is 10.1. The third kappa shape index (κ3) is 3.17. The SMILES string of the molecule is Cc1c(C(C)NCCCn2cccn2)sc2ccccc12. The van der Waals surface area contributed by atoms with Gasteiger partial charge in [0.25, 0.3) is 0 Å². The first-order valence-electron chi connectivity index (χ1n) is 7.44. The standard InChI is InChI=1S/C17H21N3S/c1-13-15-7-3-4-8-16(15)21-17(13)14(2)18-9-5-11-20-12-6-10-19-20/h3-4,6-8,10,12,14,18H,5,9,11H2,1-2H3. The maximum absolute atomic E-state index is 4.22. The van der Waals surface area contributed by atoms with Gasteiger partial charge >= 0.3 is 0 Å². The Labute approximate surface area is 129 Å². The van der Waals surface area contributed by atoms with E-state index in [1.807, 2.05) is 34.5 Å². The number of nitrogens with one attached hydrogen (secondary N) is 1. The highest BCUT2D eigenvalue weighted by Crippen LogP contribution is 2.34. The fraction of sp³-hybridized carbons (Fsp3) is 0.353. The van der Waals surface area contributed by atoms with Crippen LogP contribution in [0.15, 0.2) is 42.7 Å². The maximum Gasteiger partial charge on any atom is 0.0489 e. The van der Waals surface area contributed by atoms with Gasteiger partial charge in [0.2, 0.25) is 0 Å². The van der Waals surface area contributed by atoms with Gasteiger partial charge in [-0.3, -0.25) is 4.68 Å². The lowest BCUT2D eigenvalue weighted by Crippen LogP contribution is -2.20. The van der Waals surface area contributed by atoms with Crippen molar-refractivity contribution in [3.8, 4) is 0 Å².